The predicted molar refractivity (Wildman–Crippen MR) is 99.3 cm³/mol. The number of halogens is 1. The number of nitrogens with zero attached hydrogens (tertiary/aromatic N) is 1. The van der Waals surface area contributed by atoms with Crippen LogP contribution in [0.25, 0.3) is 0 Å². The summed E-state index contributed by atoms with van der Waals surface area (Å²) in [5, 5.41) is 3.30. The van der Waals surface area contributed by atoms with Gasteiger partial charge in [-0.25, -0.2) is 8.42 Å². The highest BCUT2D eigenvalue weighted by atomic mass is 79.9. The van der Waals surface area contributed by atoms with Crippen molar-refractivity contribution in [1.29, 1.82) is 0 Å². The Morgan fingerprint density at radius 1 is 1.17 bits per heavy atom. The summed E-state index contributed by atoms with van der Waals surface area (Å²) in [5.74, 6) is 0. The van der Waals surface area contributed by atoms with E-state index in [1.54, 1.807) is 16.4 Å². The number of aryl methyl sites for hydroxylation is 1. The van der Waals surface area contributed by atoms with Gasteiger partial charge >= 0.3 is 0 Å². The van der Waals surface area contributed by atoms with Crippen molar-refractivity contribution >= 4 is 26.0 Å². The average Bonchev–Trinajstić information content (AvgIpc) is 2.74. The maximum atomic E-state index is 13.0. The van der Waals surface area contributed by atoms with Gasteiger partial charge in [0.25, 0.3) is 0 Å². The van der Waals surface area contributed by atoms with Gasteiger partial charge in [0.05, 0.1) is 4.90 Å². The third kappa shape index (κ3) is 3.42. The first-order valence-electron chi connectivity index (χ1n) is 7.94. The van der Waals surface area contributed by atoms with Gasteiger partial charge in [0.2, 0.25) is 10.0 Å². The maximum absolute atomic E-state index is 13.0. The average molecular weight is 409 g/mol. The molecule has 0 bridgehead atoms. The molecule has 1 aliphatic heterocycles. The van der Waals surface area contributed by atoms with E-state index >= 15 is 0 Å². The van der Waals surface area contributed by atoms with Crippen LogP contribution in [-0.2, 0) is 16.6 Å². The first-order valence-corrected chi connectivity index (χ1v) is 10.2. The van der Waals surface area contributed by atoms with Gasteiger partial charge in [0, 0.05) is 23.6 Å². The summed E-state index contributed by atoms with van der Waals surface area (Å²) in [6.45, 7) is 2.84. The maximum Gasteiger partial charge on any atom is 0.243 e. The second-order valence-corrected chi connectivity index (χ2v) is 8.98. The van der Waals surface area contributed by atoms with Crippen LogP contribution in [0.3, 0.4) is 0 Å². The molecule has 24 heavy (non-hydrogen) atoms. The molecular weight excluding hydrogens is 388 g/mol. The van der Waals surface area contributed by atoms with Crippen molar-refractivity contribution in [3.05, 3.63) is 63.6 Å². The number of fused-ring (bicyclic) bond motifs is 1. The highest BCUT2D eigenvalue weighted by Crippen LogP contribution is 2.31. The van der Waals surface area contributed by atoms with E-state index in [4.69, 9.17) is 0 Å². The van der Waals surface area contributed by atoms with Crippen LogP contribution in [0, 0.1) is 6.92 Å². The van der Waals surface area contributed by atoms with E-state index in [0.29, 0.717) is 18.0 Å². The van der Waals surface area contributed by atoms with Crippen molar-refractivity contribution in [2.75, 3.05) is 13.6 Å². The molecule has 0 aromatic heterocycles. The van der Waals surface area contributed by atoms with Crippen LogP contribution >= 0.6 is 15.9 Å². The second-order valence-electron chi connectivity index (χ2n) is 6.12. The molecule has 1 unspecified atom stereocenters. The van der Waals surface area contributed by atoms with E-state index in [0.717, 1.165) is 22.0 Å². The van der Waals surface area contributed by atoms with Crippen LogP contribution in [0.5, 0.6) is 0 Å². The molecule has 0 fully saturated rings. The van der Waals surface area contributed by atoms with E-state index in [2.05, 4.69) is 27.3 Å². The summed E-state index contributed by atoms with van der Waals surface area (Å²) >= 11 is 3.49. The standard InChI is InChI=1S/C18H21BrN2O2S/c1-13-3-6-16(7-4-13)24(22,23)21-10-9-18(20-2)17-8-5-15(19)11-14(17)12-21/h3-8,11,18,20H,9-10,12H2,1-2H3. The molecule has 2 aromatic rings. The fourth-order valence-corrected chi connectivity index (χ4v) is 4.95. The van der Waals surface area contributed by atoms with Gasteiger partial charge in [-0.05, 0) is 55.8 Å². The Labute approximate surface area is 152 Å². The minimum Gasteiger partial charge on any atom is -0.313 e. The minimum atomic E-state index is -3.50. The summed E-state index contributed by atoms with van der Waals surface area (Å²) in [6.07, 6.45) is 0.746. The van der Waals surface area contributed by atoms with E-state index in [9.17, 15) is 8.42 Å². The highest BCUT2D eigenvalue weighted by Gasteiger charge is 2.29. The molecule has 6 heteroatoms. The van der Waals surface area contributed by atoms with Crippen molar-refractivity contribution in [2.24, 2.45) is 0 Å². The number of benzene rings is 2. The van der Waals surface area contributed by atoms with Gasteiger partial charge in [0.15, 0.2) is 0 Å². The number of hydrogen-bond donors (Lipinski definition) is 1. The van der Waals surface area contributed by atoms with Gasteiger partial charge in [-0.15, -0.1) is 0 Å². The fourth-order valence-electron chi connectivity index (χ4n) is 3.11. The Hall–Kier alpha value is -1.21. The van der Waals surface area contributed by atoms with Crippen LogP contribution < -0.4 is 5.32 Å². The van der Waals surface area contributed by atoms with Crippen LogP contribution in [0.1, 0.15) is 29.2 Å². The van der Waals surface area contributed by atoms with Crippen molar-refractivity contribution in [3.63, 3.8) is 0 Å². The van der Waals surface area contributed by atoms with Crippen molar-refractivity contribution in [1.82, 2.24) is 9.62 Å². The van der Waals surface area contributed by atoms with Gasteiger partial charge in [-0.3, -0.25) is 0 Å². The molecule has 0 aliphatic carbocycles. The molecule has 128 valence electrons. The molecule has 0 saturated carbocycles. The molecule has 1 aliphatic rings. The van der Waals surface area contributed by atoms with Crippen LogP contribution in [0.4, 0.5) is 0 Å². The van der Waals surface area contributed by atoms with Gasteiger partial charge in [-0.2, -0.15) is 4.31 Å². The Kier molecular flexibility index (Phi) is 5.11. The smallest absolute Gasteiger partial charge is 0.243 e. The largest absolute Gasteiger partial charge is 0.313 e. The monoisotopic (exact) mass is 408 g/mol. The second kappa shape index (κ2) is 6.96. The number of nitrogens with one attached hydrogen (secondary N) is 1. The number of hydrogen-bond acceptors (Lipinski definition) is 3. The molecule has 0 spiro atoms. The Morgan fingerprint density at radius 2 is 1.88 bits per heavy atom. The topological polar surface area (TPSA) is 49.4 Å². The summed E-state index contributed by atoms with van der Waals surface area (Å²) in [5.41, 5.74) is 3.26. The zero-order chi connectivity index (χ0) is 17.3. The first-order chi connectivity index (χ1) is 11.4. The van der Waals surface area contributed by atoms with E-state index in [1.165, 1.54) is 5.56 Å². The normalized spacial score (nSPS) is 18.9. The van der Waals surface area contributed by atoms with Crippen LogP contribution in [0.15, 0.2) is 51.8 Å². The Bertz CT molecular complexity index is 835. The molecule has 1 N–H and O–H groups in total. The quantitative estimate of drug-likeness (QED) is 0.843. The molecule has 1 atom stereocenters. The zero-order valence-electron chi connectivity index (χ0n) is 13.8. The molecule has 4 nitrogen and oxygen atoms in total. The van der Waals surface area contributed by atoms with Crippen LogP contribution in [0.2, 0.25) is 0 Å². The Morgan fingerprint density at radius 3 is 2.54 bits per heavy atom. The summed E-state index contributed by atoms with van der Waals surface area (Å²) < 4.78 is 28.6. The summed E-state index contributed by atoms with van der Waals surface area (Å²) in [7, 11) is -1.58. The third-order valence-corrected chi connectivity index (χ3v) is 6.85. The van der Waals surface area contributed by atoms with Gasteiger partial charge < -0.3 is 5.32 Å². The highest BCUT2D eigenvalue weighted by molar-refractivity contribution is 9.10. The minimum absolute atomic E-state index is 0.159. The molecule has 2 aromatic carbocycles. The molecule has 1 heterocycles. The molecular formula is C18H21BrN2O2S. The SMILES string of the molecule is CNC1CCN(S(=O)(=O)c2ccc(C)cc2)Cc2cc(Br)ccc21. The number of sulfonamides is 1. The lowest BCUT2D eigenvalue weighted by Gasteiger charge is -2.20. The van der Waals surface area contributed by atoms with E-state index < -0.39 is 10.0 Å². The molecule has 0 radical (unpaired) electrons. The molecule has 3 rings (SSSR count). The molecule has 0 amide bonds. The summed E-state index contributed by atoms with van der Waals surface area (Å²) in [6, 6.07) is 13.3. The van der Waals surface area contributed by atoms with Crippen LogP contribution in [-0.4, -0.2) is 26.3 Å². The van der Waals surface area contributed by atoms with Gasteiger partial charge in [-0.1, -0.05) is 39.7 Å². The lowest BCUT2D eigenvalue weighted by atomic mass is 10.00. The predicted octanol–water partition coefficient (Wildman–Crippen LogP) is 3.61. The van der Waals surface area contributed by atoms with Crippen molar-refractivity contribution < 1.29 is 8.42 Å². The summed E-state index contributed by atoms with van der Waals surface area (Å²) in [4.78, 5) is 0.354. The third-order valence-electron chi connectivity index (χ3n) is 4.50. The first kappa shape index (κ1) is 17.6. The lowest BCUT2D eigenvalue weighted by Crippen LogP contribution is -2.31. The fraction of sp³-hybridized carbons (Fsp3) is 0.333. The van der Waals surface area contributed by atoms with Crippen molar-refractivity contribution in [3.8, 4) is 0 Å². The van der Waals surface area contributed by atoms with E-state index in [1.807, 2.05) is 38.2 Å². The van der Waals surface area contributed by atoms with Crippen molar-refractivity contribution in [2.45, 2.75) is 30.8 Å². The molecule has 0 saturated heterocycles. The lowest BCUT2D eigenvalue weighted by molar-refractivity contribution is 0.393. The zero-order valence-corrected chi connectivity index (χ0v) is 16.2. The van der Waals surface area contributed by atoms with Gasteiger partial charge in [0.1, 0.15) is 0 Å². The Balaban J connectivity index is 1.99. The number of rotatable bonds is 3. The van der Waals surface area contributed by atoms with E-state index in [-0.39, 0.29) is 6.04 Å².